The fourth-order valence-corrected chi connectivity index (χ4v) is 2.43. The van der Waals surface area contributed by atoms with Gasteiger partial charge in [0.25, 0.3) is 0 Å². The van der Waals surface area contributed by atoms with Gasteiger partial charge in [-0.05, 0) is 42.0 Å². The zero-order valence-electron chi connectivity index (χ0n) is 15.1. The maximum atomic E-state index is 11.9. The normalized spacial score (nSPS) is 10.4. The molecule has 5 nitrogen and oxygen atoms in total. The third kappa shape index (κ3) is 5.55. The van der Waals surface area contributed by atoms with E-state index in [-0.39, 0.29) is 6.61 Å². The molecule has 2 aromatic carbocycles. The van der Waals surface area contributed by atoms with Crippen LogP contribution in [0, 0.1) is 11.3 Å². The van der Waals surface area contributed by atoms with Crippen molar-refractivity contribution in [3.63, 3.8) is 0 Å². The van der Waals surface area contributed by atoms with Gasteiger partial charge in [0, 0.05) is 17.8 Å². The van der Waals surface area contributed by atoms with Crippen LogP contribution in [-0.2, 0) is 22.7 Å². The predicted molar refractivity (Wildman–Crippen MR) is 105 cm³/mol. The van der Waals surface area contributed by atoms with E-state index < -0.39 is 5.97 Å². The number of hydrogen-bond acceptors (Lipinski definition) is 5. The molecule has 0 spiro atoms. The number of pyridine rings is 1. The van der Waals surface area contributed by atoms with Gasteiger partial charge in [-0.15, -0.1) is 0 Å². The summed E-state index contributed by atoms with van der Waals surface area (Å²) in [4.78, 5) is 16.1. The monoisotopic (exact) mass is 370 g/mol. The molecule has 0 radical (unpaired) electrons. The first-order chi connectivity index (χ1) is 13.7. The summed E-state index contributed by atoms with van der Waals surface area (Å²) in [5.74, 6) is 0.252. The first kappa shape index (κ1) is 18.9. The van der Waals surface area contributed by atoms with E-state index in [2.05, 4.69) is 11.1 Å². The molecular weight excluding hydrogens is 352 g/mol. The van der Waals surface area contributed by atoms with Crippen LogP contribution in [0.1, 0.15) is 22.4 Å². The van der Waals surface area contributed by atoms with E-state index in [0.29, 0.717) is 17.7 Å². The first-order valence-electron chi connectivity index (χ1n) is 8.70. The Morgan fingerprint density at radius 2 is 1.79 bits per heavy atom. The van der Waals surface area contributed by atoms with E-state index in [0.717, 1.165) is 17.0 Å². The molecule has 3 rings (SSSR count). The van der Waals surface area contributed by atoms with Crippen LogP contribution < -0.4 is 4.74 Å². The molecule has 0 aliphatic rings. The number of esters is 1. The summed E-state index contributed by atoms with van der Waals surface area (Å²) in [6, 6.07) is 22.1. The van der Waals surface area contributed by atoms with Crippen LogP contribution >= 0.6 is 0 Å². The van der Waals surface area contributed by atoms with Crippen molar-refractivity contribution in [2.45, 2.75) is 13.2 Å². The summed E-state index contributed by atoms with van der Waals surface area (Å²) in [7, 11) is 0. The minimum absolute atomic E-state index is 0.0627. The van der Waals surface area contributed by atoms with Gasteiger partial charge >= 0.3 is 5.97 Å². The summed E-state index contributed by atoms with van der Waals surface area (Å²) in [6.07, 6.45) is 4.75. The average molecular weight is 370 g/mol. The van der Waals surface area contributed by atoms with Gasteiger partial charge in [-0.1, -0.05) is 36.4 Å². The highest BCUT2D eigenvalue weighted by Crippen LogP contribution is 2.15. The Bertz CT molecular complexity index is 990. The molecular formula is C23H18N2O3. The van der Waals surface area contributed by atoms with Crippen molar-refractivity contribution >= 4 is 12.0 Å². The van der Waals surface area contributed by atoms with Gasteiger partial charge in [0.2, 0.25) is 0 Å². The summed E-state index contributed by atoms with van der Waals surface area (Å²) in [6.45, 7) is 0.458. The second-order valence-corrected chi connectivity index (χ2v) is 5.89. The number of carbonyl (C=O) groups excluding carboxylic acids is 1. The number of carbonyl (C=O) groups is 1. The van der Waals surface area contributed by atoms with E-state index in [1.165, 1.54) is 6.08 Å². The fraction of sp³-hybridized carbons (Fsp3) is 0.0870. The SMILES string of the molecule is N#Cc1ccccc1COC(=O)C=Cc1ccc(OCc2ccccn2)cc1. The Kier molecular flexibility index (Phi) is 6.53. The van der Waals surface area contributed by atoms with Crippen molar-refractivity contribution in [1.82, 2.24) is 4.98 Å². The zero-order valence-corrected chi connectivity index (χ0v) is 15.1. The molecule has 0 fully saturated rings. The standard InChI is InChI=1S/C23H18N2O3/c24-15-19-5-1-2-6-20(19)16-28-23(26)13-10-18-8-11-22(12-9-18)27-17-21-7-3-4-14-25-21/h1-14H,16-17H2. The number of benzene rings is 2. The lowest BCUT2D eigenvalue weighted by Crippen LogP contribution is -2.02. The van der Waals surface area contributed by atoms with Crippen molar-refractivity contribution in [3.8, 4) is 11.8 Å². The van der Waals surface area contributed by atoms with Gasteiger partial charge in [-0.2, -0.15) is 5.26 Å². The second kappa shape index (κ2) is 9.70. The van der Waals surface area contributed by atoms with Gasteiger partial charge in [-0.3, -0.25) is 4.98 Å². The van der Waals surface area contributed by atoms with Gasteiger partial charge in [0.05, 0.1) is 17.3 Å². The number of hydrogen-bond donors (Lipinski definition) is 0. The Balaban J connectivity index is 1.49. The van der Waals surface area contributed by atoms with Crippen LogP contribution in [0.2, 0.25) is 0 Å². The van der Waals surface area contributed by atoms with Gasteiger partial charge < -0.3 is 9.47 Å². The number of nitriles is 1. The van der Waals surface area contributed by atoms with Crippen molar-refractivity contribution in [2.24, 2.45) is 0 Å². The molecule has 138 valence electrons. The van der Waals surface area contributed by atoms with Crippen molar-refractivity contribution in [3.05, 3.63) is 101 Å². The number of nitrogens with zero attached hydrogens (tertiary/aromatic N) is 2. The third-order valence-electron chi connectivity index (χ3n) is 3.91. The molecule has 0 unspecified atom stereocenters. The van der Waals surface area contributed by atoms with Crippen molar-refractivity contribution in [1.29, 1.82) is 5.26 Å². The van der Waals surface area contributed by atoms with Crippen molar-refractivity contribution in [2.75, 3.05) is 0 Å². The lowest BCUT2D eigenvalue weighted by molar-refractivity contribution is -0.138. The lowest BCUT2D eigenvalue weighted by atomic mass is 10.1. The molecule has 28 heavy (non-hydrogen) atoms. The molecule has 0 aliphatic carbocycles. The number of ether oxygens (including phenoxy) is 2. The highest BCUT2D eigenvalue weighted by molar-refractivity contribution is 5.87. The zero-order chi connectivity index (χ0) is 19.6. The highest BCUT2D eigenvalue weighted by Gasteiger charge is 2.04. The Morgan fingerprint density at radius 1 is 1.00 bits per heavy atom. The third-order valence-corrected chi connectivity index (χ3v) is 3.91. The topological polar surface area (TPSA) is 72.2 Å². The summed E-state index contributed by atoms with van der Waals surface area (Å²) < 4.78 is 10.9. The molecule has 0 aliphatic heterocycles. The second-order valence-electron chi connectivity index (χ2n) is 5.89. The van der Waals surface area contributed by atoms with E-state index in [1.54, 1.807) is 36.5 Å². The van der Waals surface area contributed by atoms with Crippen LogP contribution in [0.5, 0.6) is 5.75 Å². The largest absolute Gasteiger partial charge is 0.487 e. The molecule has 0 saturated carbocycles. The van der Waals surface area contributed by atoms with E-state index in [9.17, 15) is 4.79 Å². The van der Waals surface area contributed by atoms with Gasteiger partial charge in [0.1, 0.15) is 19.0 Å². The summed E-state index contributed by atoms with van der Waals surface area (Å²) in [5, 5.41) is 9.04. The predicted octanol–water partition coefficient (Wildman–Crippen LogP) is 4.29. The highest BCUT2D eigenvalue weighted by atomic mass is 16.5. The molecule has 0 amide bonds. The summed E-state index contributed by atoms with van der Waals surface area (Å²) in [5.41, 5.74) is 2.88. The number of rotatable bonds is 7. The van der Waals surface area contributed by atoms with Crippen LogP contribution in [0.25, 0.3) is 6.08 Å². The molecule has 5 heteroatoms. The molecule has 0 saturated heterocycles. The molecule has 0 bridgehead atoms. The molecule has 1 heterocycles. The summed E-state index contributed by atoms with van der Waals surface area (Å²) >= 11 is 0. The Hall–Kier alpha value is -3.91. The van der Waals surface area contributed by atoms with Crippen LogP contribution in [0.15, 0.2) is 79.0 Å². The van der Waals surface area contributed by atoms with Crippen LogP contribution in [-0.4, -0.2) is 11.0 Å². The van der Waals surface area contributed by atoms with Crippen LogP contribution in [0.4, 0.5) is 0 Å². The van der Waals surface area contributed by atoms with E-state index in [4.69, 9.17) is 14.7 Å². The van der Waals surface area contributed by atoms with Crippen LogP contribution in [0.3, 0.4) is 0 Å². The van der Waals surface area contributed by atoms with Gasteiger partial charge in [-0.25, -0.2) is 4.79 Å². The quantitative estimate of drug-likeness (QED) is 0.458. The van der Waals surface area contributed by atoms with E-state index >= 15 is 0 Å². The maximum Gasteiger partial charge on any atom is 0.331 e. The minimum Gasteiger partial charge on any atom is -0.487 e. The number of aromatic nitrogens is 1. The Labute approximate surface area is 163 Å². The fourth-order valence-electron chi connectivity index (χ4n) is 2.43. The molecule has 0 N–H and O–H groups in total. The van der Waals surface area contributed by atoms with Crippen molar-refractivity contribution < 1.29 is 14.3 Å². The molecule has 3 aromatic rings. The molecule has 0 atom stereocenters. The molecule has 1 aromatic heterocycles. The smallest absolute Gasteiger partial charge is 0.331 e. The van der Waals surface area contributed by atoms with Gasteiger partial charge in [0.15, 0.2) is 0 Å². The Morgan fingerprint density at radius 3 is 2.54 bits per heavy atom. The minimum atomic E-state index is -0.469. The first-order valence-corrected chi connectivity index (χ1v) is 8.70. The average Bonchev–Trinajstić information content (AvgIpc) is 2.76. The van der Waals surface area contributed by atoms with E-state index in [1.807, 2.05) is 42.5 Å². The maximum absolute atomic E-state index is 11.9. The lowest BCUT2D eigenvalue weighted by Gasteiger charge is -2.06.